The van der Waals surface area contributed by atoms with Crippen LogP contribution in [0.15, 0.2) is 75.0 Å². The standard InChI is InChI=1S/C16H13BrN4O.C10H10INO.C5H10Si.C4H3Br2N3/c1-21-9-10(12-7-11(22-2)4-6-14(12)21)3-5-13-16(18)19-8-15(17)20-13;1-12-6-9(11)8-5-7(13-2)3-4-10(8)12;1-5-6(2,3)4;5-2-1-8-4(7)3(6)9-2/h4,6-9H,1-2H3,(H2,18,19);3-6H,1-2H3;1H,2-4H3;1H,(H2,7,8). The van der Waals surface area contributed by atoms with Gasteiger partial charge in [0, 0.05) is 51.9 Å². The van der Waals surface area contributed by atoms with Crippen LogP contribution in [0.4, 0.5) is 11.6 Å². The number of ether oxygens (including phenoxy) is 2. The Kier molecular flexibility index (Phi) is 15.2. The maximum absolute atomic E-state index is 5.79. The second-order valence-corrected chi connectivity index (χ2v) is 19.8. The molecule has 0 aliphatic carbocycles. The first-order valence-corrected chi connectivity index (χ1v) is 21.7. The zero-order valence-corrected chi connectivity index (χ0v) is 36.4. The monoisotopic (exact) mass is 992 g/mol. The predicted octanol–water partition coefficient (Wildman–Crippen LogP) is 8.59. The SMILES string of the molecule is C#C[Si](C)(C)C.COc1ccc2c(c1)c(C#Cc1nc(Br)cnc1N)cn2C.COc1ccc2c(c1)c(I)cn2C.Nc1ncc(Br)nc1Br. The van der Waals surface area contributed by atoms with E-state index in [4.69, 9.17) is 27.4 Å². The first kappa shape index (κ1) is 40.8. The summed E-state index contributed by atoms with van der Waals surface area (Å²) in [7, 11) is 6.27. The van der Waals surface area contributed by atoms with Gasteiger partial charge in [0.15, 0.2) is 17.3 Å². The summed E-state index contributed by atoms with van der Waals surface area (Å²) in [5, 5.41) is 2.28. The van der Waals surface area contributed by atoms with Crippen molar-refractivity contribution in [2.24, 2.45) is 14.1 Å². The molecule has 0 amide bonds. The Morgan fingerprint density at radius 3 is 1.80 bits per heavy atom. The Morgan fingerprint density at radius 1 is 0.780 bits per heavy atom. The number of anilines is 2. The molecular formula is C35H36Br3IN8O2Si. The number of hydrogen-bond acceptors (Lipinski definition) is 8. The van der Waals surface area contributed by atoms with E-state index in [1.54, 1.807) is 26.6 Å². The lowest BCUT2D eigenvalue weighted by Crippen LogP contribution is -2.15. The summed E-state index contributed by atoms with van der Waals surface area (Å²) in [6.45, 7) is 6.44. The van der Waals surface area contributed by atoms with Crippen LogP contribution >= 0.6 is 70.4 Å². The number of nitrogen functional groups attached to an aromatic ring is 2. The molecule has 6 aromatic rings. The van der Waals surface area contributed by atoms with E-state index in [2.05, 4.69) is 157 Å². The van der Waals surface area contributed by atoms with Crippen molar-refractivity contribution in [2.45, 2.75) is 19.6 Å². The normalized spacial score (nSPS) is 10.3. The maximum Gasteiger partial charge on any atom is 0.158 e. The Labute approximate surface area is 332 Å². The average molecular weight is 995 g/mol. The number of terminal acetylenes is 1. The minimum absolute atomic E-state index is 0.313. The zero-order valence-electron chi connectivity index (χ0n) is 28.5. The maximum atomic E-state index is 5.79. The molecular weight excluding hydrogens is 959 g/mol. The fraction of sp³-hybridized carbons (Fsp3) is 0.200. The summed E-state index contributed by atoms with van der Waals surface area (Å²) >= 11 is 11.9. The van der Waals surface area contributed by atoms with E-state index in [1.807, 2.05) is 42.1 Å². The third kappa shape index (κ3) is 11.7. The molecule has 4 N–H and O–H groups in total. The van der Waals surface area contributed by atoms with Crippen LogP contribution in [0.2, 0.25) is 19.6 Å². The van der Waals surface area contributed by atoms with Crippen molar-refractivity contribution < 1.29 is 9.47 Å². The molecule has 0 radical (unpaired) electrons. The van der Waals surface area contributed by atoms with Gasteiger partial charge in [-0.25, -0.2) is 19.9 Å². The second kappa shape index (κ2) is 18.6. The lowest BCUT2D eigenvalue weighted by molar-refractivity contribution is 0.415. The molecule has 0 fully saturated rings. The highest BCUT2D eigenvalue weighted by Gasteiger charge is 2.08. The fourth-order valence-corrected chi connectivity index (χ4v) is 5.94. The molecule has 0 bridgehead atoms. The largest absolute Gasteiger partial charge is 0.497 e. The van der Waals surface area contributed by atoms with Crippen molar-refractivity contribution in [3.63, 3.8) is 0 Å². The molecule has 15 heteroatoms. The number of fused-ring (bicyclic) bond motifs is 2. The molecule has 4 aromatic heterocycles. The third-order valence-corrected chi connectivity index (χ3v) is 9.66. The van der Waals surface area contributed by atoms with Gasteiger partial charge in [-0.1, -0.05) is 25.6 Å². The molecule has 6 rings (SSSR count). The highest BCUT2D eigenvalue weighted by Crippen LogP contribution is 2.27. The van der Waals surface area contributed by atoms with Crippen LogP contribution in [0.5, 0.6) is 11.5 Å². The number of hydrogen-bond donors (Lipinski definition) is 2. The number of benzene rings is 2. The van der Waals surface area contributed by atoms with E-state index in [1.165, 1.54) is 14.5 Å². The van der Waals surface area contributed by atoms with E-state index in [0.29, 0.717) is 31.1 Å². The molecule has 0 aliphatic heterocycles. The Hall–Kier alpha value is -3.61. The lowest BCUT2D eigenvalue weighted by Gasteiger charge is -2.00. The van der Waals surface area contributed by atoms with Crippen LogP contribution in [0.3, 0.4) is 0 Å². The number of nitrogens with two attached hydrogens (primary N) is 2. The first-order chi connectivity index (χ1) is 23.6. The molecule has 0 unspecified atom stereocenters. The molecule has 0 aliphatic rings. The van der Waals surface area contributed by atoms with Crippen LogP contribution in [0.25, 0.3) is 21.8 Å². The summed E-state index contributed by atoms with van der Waals surface area (Å²) in [5.41, 5.74) is 17.5. The van der Waals surface area contributed by atoms with Crippen molar-refractivity contribution >= 4 is 112 Å². The predicted molar refractivity (Wildman–Crippen MR) is 226 cm³/mol. The fourth-order valence-electron chi connectivity index (χ4n) is 4.00. The van der Waals surface area contributed by atoms with Crippen molar-refractivity contribution in [3.8, 4) is 35.3 Å². The van der Waals surface area contributed by atoms with Crippen molar-refractivity contribution in [3.05, 3.63) is 89.8 Å². The van der Waals surface area contributed by atoms with Crippen LogP contribution in [0, 0.1) is 27.4 Å². The van der Waals surface area contributed by atoms with Gasteiger partial charge >= 0.3 is 0 Å². The van der Waals surface area contributed by atoms with Crippen molar-refractivity contribution in [2.75, 3.05) is 25.7 Å². The first-order valence-electron chi connectivity index (χ1n) is 14.7. The van der Waals surface area contributed by atoms with E-state index in [0.717, 1.165) is 28.0 Å². The highest BCUT2D eigenvalue weighted by atomic mass is 127. The van der Waals surface area contributed by atoms with Gasteiger partial charge in [-0.05, 0) is 113 Å². The van der Waals surface area contributed by atoms with Crippen LogP contribution < -0.4 is 20.9 Å². The molecule has 0 spiro atoms. The number of halogens is 4. The van der Waals surface area contributed by atoms with Gasteiger partial charge in [0.25, 0.3) is 0 Å². The van der Waals surface area contributed by atoms with Crippen LogP contribution in [0.1, 0.15) is 11.3 Å². The summed E-state index contributed by atoms with van der Waals surface area (Å²) < 4.78 is 17.7. The van der Waals surface area contributed by atoms with Gasteiger partial charge in [0.1, 0.15) is 33.4 Å². The Balaban J connectivity index is 0.000000204. The molecule has 0 saturated carbocycles. The number of nitrogens with zero attached hydrogens (tertiary/aromatic N) is 6. The quantitative estimate of drug-likeness (QED) is 0.100. The lowest BCUT2D eigenvalue weighted by atomic mass is 10.1. The second-order valence-electron chi connectivity index (χ2n) is 11.4. The molecule has 50 heavy (non-hydrogen) atoms. The number of aryl methyl sites for hydroxylation is 2. The van der Waals surface area contributed by atoms with Gasteiger partial charge in [0.2, 0.25) is 0 Å². The topological polar surface area (TPSA) is 132 Å². The zero-order chi connectivity index (χ0) is 37.2. The number of aromatic nitrogens is 6. The van der Waals surface area contributed by atoms with Crippen LogP contribution in [-0.2, 0) is 14.1 Å². The van der Waals surface area contributed by atoms with E-state index < -0.39 is 8.07 Å². The van der Waals surface area contributed by atoms with Gasteiger partial charge in [-0.3, -0.25) is 0 Å². The summed E-state index contributed by atoms with van der Waals surface area (Å²) in [5.74, 6) is 8.52. The van der Waals surface area contributed by atoms with Gasteiger partial charge in [0.05, 0.1) is 32.2 Å². The van der Waals surface area contributed by atoms with Gasteiger partial charge in [-0.15, -0.1) is 12.0 Å². The number of methoxy groups -OCH3 is 2. The Bertz CT molecular complexity index is 2220. The molecule has 2 aromatic carbocycles. The van der Waals surface area contributed by atoms with E-state index in [9.17, 15) is 0 Å². The van der Waals surface area contributed by atoms with E-state index >= 15 is 0 Å². The molecule has 4 heterocycles. The molecule has 10 nitrogen and oxygen atoms in total. The highest BCUT2D eigenvalue weighted by molar-refractivity contribution is 14.1. The van der Waals surface area contributed by atoms with Crippen molar-refractivity contribution in [1.82, 2.24) is 29.1 Å². The van der Waals surface area contributed by atoms with E-state index in [-0.39, 0.29) is 0 Å². The molecule has 260 valence electrons. The summed E-state index contributed by atoms with van der Waals surface area (Å²) in [6, 6.07) is 12.0. The average Bonchev–Trinajstić information content (AvgIpc) is 3.56. The van der Waals surface area contributed by atoms with Gasteiger partial charge < -0.3 is 30.1 Å². The Morgan fingerprint density at radius 2 is 1.28 bits per heavy atom. The summed E-state index contributed by atoms with van der Waals surface area (Å²) in [6.07, 6.45) is 12.3. The van der Waals surface area contributed by atoms with Crippen LogP contribution in [-0.4, -0.2) is 51.4 Å². The number of rotatable bonds is 2. The smallest absolute Gasteiger partial charge is 0.158 e. The molecule has 0 atom stereocenters. The van der Waals surface area contributed by atoms with Crippen molar-refractivity contribution in [1.29, 1.82) is 0 Å². The minimum atomic E-state index is -1.10. The van der Waals surface area contributed by atoms with Gasteiger partial charge in [-0.2, -0.15) is 0 Å². The third-order valence-electron chi connectivity index (χ3n) is 6.59. The minimum Gasteiger partial charge on any atom is -0.497 e. The molecule has 0 saturated heterocycles. The summed E-state index contributed by atoms with van der Waals surface area (Å²) in [4.78, 5) is 16.0.